The zero-order valence-corrected chi connectivity index (χ0v) is 18.7. The number of rotatable bonds is 3. The zero-order valence-electron chi connectivity index (χ0n) is 17.9. The SMILES string of the molecule is Cc1cc(N2CCCOC[C@@H]2c2cc(F)c(N3CCC(C)(O)CC3)cc2Cl)nc(N)n1. The summed E-state index contributed by atoms with van der Waals surface area (Å²) in [6, 6.07) is 4.77. The molecule has 168 valence electrons. The van der Waals surface area contributed by atoms with E-state index in [2.05, 4.69) is 14.9 Å². The lowest BCUT2D eigenvalue weighted by atomic mass is 9.93. The van der Waals surface area contributed by atoms with Crippen LogP contribution in [0.5, 0.6) is 0 Å². The van der Waals surface area contributed by atoms with Crippen LogP contribution in [0.15, 0.2) is 18.2 Å². The normalized spacial score (nSPS) is 21.8. The van der Waals surface area contributed by atoms with Crippen LogP contribution >= 0.6 is 11.6 Å². The fraction of sp³-hybridized carbons (Fsp3) is 0.545. The standard InChI is InChI=1S/C22H29ClFN5O2/c1-14-10-20(27-21(25)26-14)29-6-3-9-31-13-19(29)15-11-17(24)18(12-16(15)23)28-7-4-22(2,30)5-8-28/h10-12,19,30H,3-9,13H2,1-2H3,(H2,25,26,27)/t19-/m1/s1. The van der Waals surface area contributed by atoms with Crippen LogP contribution < -0.4 is 15.5 Å². The second kappa shape index (κ2) is 8.76. The first-order valence-electron chi connectivity index (χ1n) is 10.7. The van der Waals surface area contributed by atoms with Crippen LogP contribution in [0.1, 0.15) is 43.5 Å². The highest BCUT2D eigenvalue weighted by molar-refractivity contribution is 6.31. The van der Waals surface area contributed by atoms with E-state index in [0.29, 0.717) is 67.8 Å². The van der Waals surface area contributed by atoms with Gasteiger partial charge in [0.25, 0.3) is 0 Å². The maximum Gasteiger partial charge on any atom is 0.222 e. The Morgan fingerprint density at radius 3 is 2.68 bits per heavy atom. The minimum absolute atomic E-state index is 0.201. The minimum Gasteiger partial charge on any atom is -0.390 e. The first-order chi connectivity index (χ1) is 14.7. The van der Waals surface area contributed by atoms with Crippen molar-refractivity contribution in [1.29, 1.82) is 0 Å². The fourth-order valence-corrected chi connectivity index (χ4v) is 4.59. The van der Waals surface area contributed by atoms with Crippen molar-refractivity contribution in [3.63, 3.8) is 0 Å². The predicted molar refractivity (Wildman–Crippen MR) is 120 cm³/mol. The van der Waals surface area contributed by atoms with E-state index in [9.17, 15) is 5.11 Å². The quantitative estimate of drug-likeness (QED) is 0.741. The highest BCUT2D eigenvalue weighted by Gasteiger charge is 2.31. The summed E-state index contributed by atoms with van der Waals surface area (Å²) in [6.07, 6.45) is 1.99. The molecule has 0 unspecified atom stereocenters. The average Bonchev–Trinajstić information content (AvgIpc) is 2.95. The van der Waals surface area contributed by atoms with Crippen LogP contribution in [0, 0.1) is 12.7 Å². The van der Waals surface area contributed by atoms with E-state index in [1.807, 2.05) is 24.8 Å². The number of aryl methyl sites for hydroxylation is 1. The molecule has 0 saturated carbocycles. The van der Waals surface area contributed by atoms with Crippen LogP contribution in [0.3, 0.4) is 0 Å². The van der Waals surface area contributed by atoms with Gasteiger partial charge >= 0.3 is 0 Å². The van der Waals surface area contributed by atoms with Crippen molar-refractivity contribution < 1.29 is 14.2 Å². The average molecular weight is 450 g/mol. The molecule has 1 aromatic carbocycles. The summed E-state index contributed by atoms with van der Waals surface area (Å²) in [6.45, 7) is 6.50. The Morgan fingerprint density at radius 1 is 1.23 bits per heavy atom. The molecule has 31 heavy (non-hydrogen) atoms. The summed E-state index contributed by atoms with van der Waals surface area (Å²) < 4.78 is 21.1. The van der Waals surface area contributed by atoms with Gasteiger partial charge in [-0.15, -0.1) is 0 Å². The number of hydrogen-bond donors (Lipinski definition) is 2. The smallest absolute Gasteiger partial charge is 0.222 e. The monoisotopic (exact) mass is 449 g/mol. The molecular weight excluding hydrogens is 421 g/mol. The van der Waals surface area contributed by atoms with Gasteiger partial charge < -0.3 is 25.4 Å². The summed E-state index contributed by atoms with van der Waals surface area (Å²) in [7, 11) is 0. The third-order valence-electron chi connectivity index (χ3n) is 6.10. The van der Waals surface area contributed by atoms with E-state index in [0.717, 1.165) is 12.1 Å². The lowest BCUT2D eigenvalue weighted by molar-refractivity contribution is 0.0350. The molecule has 4 rings (SSSR count). The maximum atomic E-state index is 15.3. The molecule has 0 aliphatic carbocycles. The molecule has 0 radical (unpaired) electrons. The molecule has 2 aromatic rings. The topological polar surface area (TPSA) is 87.7 Å². The van der Waals surface area contributed by atoms with Crippen LogP contribution in [0.2, 0.25) is 5.02 Å². The van der Waals surface area contributed by atoms with Crippen molar-refractivity contribution in [3.05, 3.63) is 40.3 Å². The lowest BCUT2D eigenvalue weighted by Crippen LogP contribution is -2.42. The molecule has 3 heterocycles. The van der Waals surface area contributed by atoms with Gasteiger partial charge in [0.1, 0.15) is 11.6 Å². The van der Waals surface area contributed by atoms with Gasteiger partial charge in [-0.1, -0.05) is 11.6 Å². The number of nitrogens with zero attached hydrogens (tertiary/aromatic N) is 4. The Balaban J connectivity index is 1.67. The third kappa shape index (κ3) is 4.86. The van der Waals surface area contributed by atoms with Crippen molar-refractivity contribution in [2.75, 3.05) is 48.4 Å². The van der Waals surface area contributed by atoms with Gasteiger partial charge in [0.05, 0.1) is 23.9 Å². The summed E-state index contributed by atoms with van der Waals surface area (Å²) in [5, 5.41) is 10.7. The van der Waals surface area contributed by atoms with Crippen LogP contribution in [-0.4, -0.2) is 53.5 Å². The van der Waals surface area contributed by atoms with Crippen molar-refractivity contribution in [2.24, 2.45) is 0 Å². The Bertz CT molecular complexity index is 927. The van der Waals surface area contributed by atoms with Crippen LogP contribution in [-0.2, 0) is 4.74 Å². The summed E-state index contributed by atoms with van der Waals surface area (Å²) in [5.74, 6) is 0.551. The van der Waals surface area contributed by atoms with E-state index >= 15 is 4.39 Å². The van der Waals surface area contributed by atoms with Gasteiger partial charge in [-0.25, -0.2) is 9.37 Å². The van der Waals surface area contributed by atoms with E-state index in [-0.39, 0.29) is 17.8 Å². The Kier molecular flexibility index (Phi) is 6.23. The third-order valence-corrected chi connectivity index (χ3v) is 6.43. The fourth-order valence-electron chi connectivity index (χ4n) is 4.31. The molecule has 1 aromatic heterocycles. The van der Waals surface area contributed by atoms with Crippen LogP contribution in [0.4, 0.5) is 21.8 Å². The number of ether oxygens (including phenoxy) is 1. The number of aromatic nitrogens is 2. The molecular formula is C22H29ClFN5O2. The largest absolute Gasteiger partial charge is 0.390 e. The van der Waals surface area contributed by atoms with Gasteiger partial charge in [0, 0.05) is 43.0 Å². The molecule has 3 N–H and O–H groups in total. The number of anilines is 3. The molecule has 7 nitrogen and oxygen atoms in total. The number of nitrogens with two attached hydrogens (primary N) is 1. The Labute approximate surface area is 187 Å². The van der Waals surface area contributed by atoms with Crippen molar-refractivity contribution in [2.45, 2.75) is 44.8 Å². The minimum atomic E-state index is -0.702. The Morgan fingerprint density at radius 2 is 1.97 bits per heavy atom. The Hall–Kier alpha value is -2.16. The number of aliphatic hydroxyl groups is 1. The van der Waals surface area contributed by atoms with Crippen molar-refractivity contribution in [1.82, 2.24) is 9.97 Å². The molecule has 2 aliphatic heterocycles. The number of halogens is 2. The van der Waals surface area contributed by atoms with Gasteiger partial charge in [0.15, 0.2) is 0 Å². The lowest BCUT2D eigenvalue weighted by Gasteiger charge is -2.37. The highest BCUT2D eigenvalue weighted by Crippen LogP contribution is 2.37. The summed E-state index contributed by atoms with van der Waals surface area (Å²) in [4.78, 5) is 12.6. The molecule has 2 aliphatic rings. The number of piperidine rings is 1. The van der Waals surface area contributed by atoms with E-state index in [4.69, 9.17) is 22.1 Å². The second-order valence-electron chi connectivity index (χ2n) is 8.67. The van der Waals surface area contributed by atoms with Gasteiger partial charge in [-0.2, -0.15) is 4.98 Å². The van der Waals surface area contributed by atoms with Gasteiger partial charge in [-0.3, -0.25) is 0 Å². The van der Waals surface area contributed by atoms with E-state index in [1.54, 1.807) is 6.07 Å². The molecule has 9 heteroatoms. The second-order valence-corrected chi connectivity index (χ2v) is 9.08. The predicted octanol–water partition coefficient (Wildman–Crippen LogP) is 3.48. The summed E-state index contributed by atoms with van der Waals surface area (Å²) >= 11 is 6.70. The molecule has 0 amide bonds. The molecule has 2 fully saturated rings. The van der Waals surface area contributed by atoms with Gasteiger partial charge in [0.2, 0.25) is 5.95 Å². The van der Waals surface area contributed by atoms with E-state index < -0.39 is 5.60 Å². The first kappa shape index (κ1) is 22.0. The first-order valence-corrected chi connectivity index (χ1v) is 11.0. The van der Waals surface area contributed by atoms with E-state index in [1.165, 1.54) is 6.07 Å². The van der Waals surface area contributed by atoms with Crippen LogP contribution in [0.25, 0.3) is 0 Å². The summed E-state index contributed by atoms with van der Waals surface area (Å²) in [5.41, 5.74) is 7.06. The molecule has 0 spiro atoms. The molecule has 1 atom stereocenters. The van der Waals surface area contributed by atoms with Crippen molar-refractivity contribution >= 4 is 29.1 Å². The zero-order chi connectivity index (χ0) is 22.2. The molecule has 0 bridgehead atoms. The van der Waals surface area contributed by atoms with Gasteiger partial charge in [-0.05, 0) is 50.8 Å². The maximum absolute atomic E-state index is 15.3. The molecule has 2 saturated heterocycles. The number of nitrogen functional groups attached to an aromatic ring is 1. The number of benzene rings is 1. The highest BCUT2D eigenvalue weighted by atomic mass is 35.5. The van der Waals surface area contributed by atoms with Crippen molar-refractivity contribution in [3.8, 4) is 0 Å². The number of hydrogen-bond acceptors (Lipinski definition) is 7.